The number of nitrogens with one attached hydrogen (secondary N) is 1. The van der Waals surface area contributed by atoms with Crippen LogP contribution in [0.4, 0.5) is 5.69 Å². The van der Waals surface area contributed by atoms with Gasteiger partial charge in [0.25, 0.3) is 11.8 Å². The van der Waals surface area contributed by atoms with Crippen LogP contribution >= 0.6 is 0 Å². The second kappa shape index (κ2) is 14.9. The highest BCUT2D eigenvalue weighted by Gasteiger charge is 2.32. The molecular weight excluding hydrogens is 520 g/mol. The Kier molecular flexibility index (Phi) is 11.3. The lowest BCUT2D eigenvalue weighted by molar-refractivity contribution is -0.142. The van der Waals surface area contributed by atoms with Gasteiger partial charge in [-0.25, -0.2) is 0 Å². The van der Waals surface area contributed by atoms with Crippen molar-refractivity contribution in [1.82, 2.24) is 15.1 Å². The van der Waals surface area contributed by atoms with Crippen LogP contribution in [-0.2, 0) is 22.6 Å². The maximum absolute atomic E-state index is 13.6. The molecule has 0 aliphatic carbocycles. The number of nitrogens with zero attached hydrogens (tertiary/aromatic N) is 3. The molecule has 3 unspecified atom stereocenters. The second-order valence-corrected chi connectivity index (χ2v) is 10.2. The zero-order chi connectivity index (χ0) is 29.9. The van der Waals surface area contributed by atoms with Gasteiger partial charge in [-0.15, -0.1) is 4.91 Å². The van der Waals surface area contributed by atoms with E-state index in [0.29, 0.717) is 18.7 Å². The van der Waals surface area contributed by atoms with Crippen LogP contribution in [0, 0.1) is 18.8 Å². The number of likely N-dealkylation sites (N-methyl/N-ethyl adjacent to an activating group) is 1. The Balaban J connectivity index is 1.80. The first-order valence-corrected chi connectivity index (χ1v) is 13.7. The fraction of sp³-hybridized carbons (Fsp3) is 0.344. The zero-order valence-corrected chi connectivity index (χ0v) is 24.0. The minimum Gasteiger partial charge on any atom is -0.381 e. The number of rotatable bonds is 14. The predicted molar refractivity (Wildman–Crippen MR) is 159 cm³/mol. The highest BCUT2D eigenvalue weighted by atomic mass is 16.3. The molecule has 9 nitrogen and oxygen atoms in total. The molecule has 216 valence electrons. The summed E-state index contributed by atoms with van der Waals surface area (Å²) >= 11 is 0. The molecule has 3 rings (SSSR count). The van der Waals surface area contributed by atoms with Crippen molar-refractivity contribution in [3.63, 3.8) is 0 Å². The van der Waals surface area contributed by atoms with Crippen molar-refractivity contribution < 1.29 is 19.5 Å². The normalized spacial score (nSPS) is 13.0. The Bertz CT molecular complexity index is 1350. The molecule has 0 radical (unpaired) electrons. The monoisotopic (exact) mass is 558 g/mol. The van der Waals surface area contributed by atoms with Gasteiger partial charge in [0.1, 0.15) is 5.69 Å². The van der Waals surface area contributed by atoms with Crippen molar-refractivity contribution in [2.45, 2.75) is 58.8 Å². The molecule has 0 heterocycles. The maximum atomic E-state index is 13.6. The molecule has 0 bridgehead atoms. The van der Waals surface area contributed by atoms with E-state index in [1.54, 1.807) is 30.9 Å². The summed E-state index contributed by atoms with van der Waals surface area (Å²) in [4.78, 5) is 53.1. The Hall–Kier alpha value is -4.37. The number of aryl methyl sites for hydroxylation is 1. The minimum atomic E-state index is -1.56. The summed E-state index contributed by atoms with van der Waals surface area (Å²) in [5, 5.41) is 17.1. The molecule has 9 heteroatoms. The van der Waals surface area contributed by atoms with Crippen molar-refractivity contribution in [3.8, 4) is 0 Å². The van der Waals surface area contributed by atoms with Crippen molar-refractivity contribution >= 4 is 23.9 Å². The van der Waals surface area contributed by atoms with Gasteiger partial charge < -0.3 is 20.2 Å². The summed E-state index contributed by atoms with van der Waals surface area (Å²) in [5.41, 5.74) is 3.69. The third-order valence-corrected chi connectivity index (χ3v) is 7.39. The van der Waals surface area contributed by atoms with Crippen molar-refractivity contribution in [3.05, 3.63) is 106 Å². The van der Waals surface area contributed by atoms with Gasteiger partial charge in [-0.2, -0.15) is 0 Å². The molecule has 0 saturated heterocycles. The van der Waals surface area contributed by atoms with Crippen LogP contribution in [0.1, 0.15) is 46.5 Å². The van der Waals surface area contributed by atoms with Crippen molar-refractivity contribution in [1.29, 1.82) is 0 Å². The molecule has 41 heavy (non-hydrogen) atoms. The summed E-state index contributed by atoms with van der Waals surface area (Å²) in [5.74, 6) is -1.08. The lowest BCUT2D eigenvalue weighted by Gasteiger charge is -2.33. The lowest BCUT2D eigenvalue weighted by atomic mass is 9.98. The average molecular weight is 559 g/mol. The molecule has 3 amide bonds. The summed E-state index contributed by atoms with van der Waals surface area (Å²) < 4.78 is 0. The van der Waals surface area contributed by atoms with E-state index >= 15 is 0 Å². The molecule has 3 aromatic rings. The van der Waals surface area contributed by atoms with E-state index in [2.05, 4.69) is 10.5 Å². The van der Waals surface area contributed by atoms with Gasteiger partial charge in [0, 0.05) is 31.2 Å². The minimum absolute atomic E-state index is 0.144. The van der Waals surface area contributed by atoms with Gasteiger partial charge in [0.15, 0.2) is 6.10 Å². The molecular formula is C32H38N4O5. The number of aliphatic hydroxyl groups excluding tert-OH is 1. The van der Waals surface area contributed by atoms with Gasteiger partial charge in [0.2, 0.25) is 6.41 Å². The van der Waals surface area contributed by atoms with E-state index < -0.39 is 24.0 Å². The molecule has 0 saturated carbocycles. The highest BCUT2D eigenvalue weighted by molar-refractivity contribution is 5.97. The van der Waals surface area contributed by atoms with Crippen molar-refractivity contribution in [2.75, 3.05) is 13.1 Å². The van der Waals surface area contributed by atoms with Gasteiger partial charge in [0.05, 0.1) is 6.04 Å². The third-order valence-electron chi connectivity index (χ3n) is 7.39. The second-order valence-electron chi connectivity index (χ2n) is 10.2. The van der Waals surface area contributed by atoms with Gasteiger partial charge >= 0.3 is 0 Å². The van der Waals surface area contributed by atoms with Gasteiger partial charge in [-0.3, -0.25) is 14.4 Å². The smallest absolute Gasteiger partial charge is 0.253 e. The Morgan fingerprint density at radius 1 is 1.00 bits per heavy atom. The number of hydrogen-bond acceptors (Lipinski definition) is 6. The quantitative estimate of drug-likeness (QED) is 0.226. The van der Waals surface area contributed by atoms with E-state index in [1.807, 2.05) is 68.4 Å². The van der Waals surface area contributed by atoms with E-state index in [9.17, 15) is 24.4 Å². The van der Waals surface area contributed by atoms with Crippen LogP contribution in [0.15, 0.2) is 78.0 Å². The molecule has 0 aliphatic rings. The molecule has 3 atom stereocenters. The number of carbonyl (C=O) groups excluding carboxylic acids is 3. The average Bonchev–Trinajstić information content (AvgIpc) is 2.98. The first kappa shape index (κ1) is 31.2. The molecule has 0 aliphatic heterocycles. The maximum Gasteiger partial charge on any atom is 0.253 e. The number of hydrogen-bond donors (Lipinski definition) is 2. The highest BCUT2D eigenvalue weighted by Crippen LogP contribution is 2.22. The number of amides is 3. The number of aliphatic hydroxyl groups is 1. The van der Waals surface area contributed by atoms with Crippen LogP contribution in [0.5, 0.6) is 0 Å². The summed E-state index contributed by atoms with van der Waals surface area (Å²) in [6.07, 6.45) is -0.583. The molecule has 0 fully saturated rings. The first-order chi connectivity index (χ1) is 19.7. The standard InChI is InChI=1S/C32H38N4O5/c1-5-35(19-23(3)36(21-37)20-26-15-10-9-12-22(26)2)32(40)30(38)29(18-25-13-7-6-8-14-25)33-31(39)27-16-11-17-28(34-41)24(27)4/h6-17,21,23,29-30,38H,5,18-20H2,1-4H3,(H,33,39). The SMILES string of the molecule is CCN(CC(C)N(C=O)Cc1ccccc1C)C(=O)C(O)C(Cc1ccccc1)NC(=O)c1cccc(N=O)c1C. The van der Waals surface area contributed by atoms with Crippen LogP contribution in [0.3, 0.4) is 0 Å². The van der Waals surface area contributed by atoms with Crippen LogP contribution in [0.25, 0.3) is 0 Å². The number of carbonyl (C=O) groups is 3. The van der Waals surface area contributed by atoms with E-state index in [-0.39, 0.29) is 30.3 Å². The van der Waals surface area contributed by atoms with Crippen LogP contribution < -0.4 is 5.32 Å². The lowest BCUT2D eigenvalue weighted by Crippen LogP contribution is -2.54. The van der Waals surface area contributed by atoms with Crippen molar-refractivity contribution in [2.24, 2.45) is 5.18 Å². The number of nitroso groups, excluding NO2 is 1. The van der Waals surface area contributed by atoms with Crippen LogP contribution in [-0.4, -0.2) is 64.4 Å². The molecule has 0 spiro atoms. The van der Waals surface area contributed by atoms with Crippen LogP contribution in [0.2, 0.25) is 0 Å². The molecule has 2 N–H and O–H groups in total. The Morgan fingerprint density at radius 2 is 1.68 bits per heavy atom. The van der Waals surface area contributed by atoms with Gasteiger partial charge in [-0.05, 0) is 73.7 Å². The first-order valence-electron chi connectivity index (χ1n) is 13.7. The fourth-order valence-electron chi connectivity index (χ4n) is 4.76. The third kappa shape index (κ3) is 8.08. The molecule has 3 aromatic carbocycles. The molecule has 0 aromatic heterocycles. The van der Waals surface area contributed by atoms with E-state index in [1.165, 1.54) is 11.0 Å². The van der Waals surface area contributed by atoms with E-state index in [0.717, 1.165) is 23.1 Å². The van der Waals surface area contributed by atoms with E-state index in [4.69, 9.17) is 0 Å². The Morgan fingerprint density at radius 3 is 2.32 bits per heavy atom. The van der Waals surface area contributed by atoms with Gasteiger partial charge in [-0.1, -0.05) is 60.7 Å². The summed E-state index contributed by atoms with van der Waals surface area (Å²) in [6, 6.07) is 20.4. The zero-order valence-electron chi connectivity index (χ0n) is 24.0. The summed E-state index contributed by atoms with van der Waals surface area (Å²) in [7, 11) is 0. The largest absolute Gasteiger partial charge is 0.381 e. The fourth-order valence-corrected chi connectivity index (χ4v) is 4.76. The summed E-state index contributed by atoms with van der Waals surface area (Å²) in [6.45, 7) is 8.16. The predicted octanol–water partition coefficient (Wildman–Crippen LogP) is 4.30. The topological polar surface area (TPSA) is 119 Å². The Labute approximate surface area is 241 Å². The number of benzene rings is 3.